The van der Waals surface area contributed by atoms with Gasteiger partial charge in [-0.1, -0.05) is 13.0 Å². The Morgan fingerprint density at radius 3 is 2.74 bits per heavy atom. The predicted octanol–water partition coefficient (Wildman–Crippen LogP) is 2.92. The quantitative estimate of drug-likeness (QED) is 0.478. The maximum absolute atomic E-state index is 13.3. The molecule has 9 heteroatoms. The number of fused-ring (bicyclic) bond motifs is 1. The summed E-state index contributed by atoms with van der Waals surface area (Å²) in [6.07, 6.45) is 4.57. The number of carbonyl (C=O) groups excluding carboxylic acids is 3. The molecule has 9 nitrogen and oxygen atoms in total. The second-order valence-electron chi connectivity index (χ2n) is 8.57. The number of amides is 3. The van der Waals surface area contributed by atoms with E-state index in [9.17, 15) is 14.4 Å². The van der Waals surface area contributed by atoms with Crippen LogP contribution in [-0.2, 0) is 11.2 Å². The lowest BCUT2D eigenvalue weighted by Crippen LogP contribution is -2.31. The molecule has 1 aliphatic heterocycles. The number of imidazole rings is 1. The average molecular weight is 478 g/mol. The lowest BCUT2D eigenvalue weighted by molar-refractivity contribution is -0.127. The molecule has 1 fully saturated rings. The smallest absolute Gasteiger partial charge is 0.259 e. The molecular formula is C26H31N5O4. The highest BCUT2D eigenvalue weighted by Crippen LogP contribution is 2.25. The summed E-state index contributed by atoms with van der Waals surface area (Å²) in [7, 11) is 3.27. The lowest BCUT2D eigenvalue weighted by atomic mass is 10.2. The average Bonchev–Trinajstić information content (AvgIpc) is 3.47. The van der Waals surface area contributed by atoms with E-state index >= 15 is 0 Å². The summed E-state index contributed by atoms with van der Waals surface area (Å²) < 4.78 is 7.04. The summed E-state index contributed by atoms with van der Waals surface area (Å²) in [4.78, 5) is 45.9. The minimum absolute atomic E-state index is 0.189. The molecule has 184 valence electrons. The number of hydrogen-bond donors (Lipinski definition) is 1. The number of aryl methyl sites for hydroxylation is 1. The minimum Gasteiger partial charge on any atom is -0.497 e. The molecule has 3 amide bonds. The van der Waals surface area contributed by atoms with Crippen LogP contribution < -0.4 is 15.0 Å². The first-order valence-electron chi connectivity index (χ1n) is 11.9. The number of anilines is 1. The molecule has 1 N–H and O–H groups in total. The number of likely N-dealkylation sites (tertiary alicyclic amines) is 1. The normalized spacial score (nSPS) is 13.3. The fourth-order valence-electron chi connectivity index (χ4n) is 4.37. The van der Waals surface area contributed by atoms with Gasteiger partial charge in [0.15, 0.2) is 0 Å². The van der Waals surface area contributed by atoms with Crippen molar-refractivity contribution in [2.45, 2.75) is 32.6 Å². The van der Waals surface area contributed by atoms with Crippen LogP contribution in [0.1, 0.15) is 52.6 Å². The van der Waals surface area contributed by atoms with E-state index in [1.165, 1.54) is 0 Å². The van der Waals surface area contributed by atoms with Crippen LogP contribution in [0.5, 0.6) is 5.75 Å². The maximum Gasteiger partial charge on any atom is 0.259 e. The van der Waals surface area contributed by atoms with Gasteiger partial charge in [-0.25, -0.2) is 4.98 Å². The van der Waals surface area contributed by atoms with Crippen molar-refractivity contribution < 1.29 is 19.1 Å². The van der Waals surface area contributed by atoms with E-state index in [1.54, 1.807) is 66.1 Å². The van der Waals surface area contributed by atoms with Gasteiger partial charge in [-0.05, 0) is 49.6 Å². The molecule has 0 bridgehead atoms. The molecule has 0 aliphatic carbocycles. The number of methoxy groups -OCH3 is 1. The number of rotatable bonds is 9. The Balaban J connectivity index is 1.52. The molecule has 3 heterocycles. The molecule has 0 saturated carbocycles. The summed E-state index contributed by atoms with van der Waals surface area (Å²) >= 11 is 0. The Kier molecular flexibility index (Phi) is 7.33. The first kappa shape index (κ1) is 24.3. The number of benzene rings is 1. The number of aromatic nitrogens is 2. The Hall–Kier alpha value is -3.88. The van der Waals surface area contributed by atoms with Crippen molar-refractivity contribution in [2.75, 3.05) is 38.7 Å². The highest BCUT2D eigenvalue weighted by molar-refractivity contribution is 6.06. The molecular weight excluding hydrogens is 446 g/mol. The Bertz CT molecular complexity index is 1250. The van der Waals surface area contributed by atoms with Crippen LogP contribution in [0.15, 0.2) is 42.6 Å². The van der Waals surface area contributed by atoms with Crippen LogP contribution in [0.3, 0.4) is 0 Å². The van der Waals surface area contributed by atoms with Gasteiger partial charge in [0.05, 0.1) is 18.4 Å². The largest absolute Gasteiger partial charge is 0.497 e. The van der Waals surface area contributed by atoms with Gasteiger partial charge >= 0.3 is 0 Å². The van der Waals surface area contributed by atoms with E-state index in [2.05, 4.69) is 10.3 Å². The van der Waals surface area contributed by atoms with Crippen molar-refractivity contribution >= 4 is 29.2 Å². The van der Waals surface area contributed by atoms with E-state index < -0.39 is 0 Å². The molecule has 4 rings (SSSR count). The number of hydrogen-bond acceptors (Lipinski definition) is 5. The Morgan fingerprint density at radius 2 is 2.03 bits per heavy atom. The highest BCUT2D eigenvalue weighted by Gasteiger charge is 2.23. The van der Waals surface area contributed by atoms with Crippen LogP contribution in [0.25, 0.3) is 5.65 Å². The number of ether oxygens (including phenoxy) is 1. The number of pyridine rings is 1. The van der Waals surface area contributed by atoms with Gasteiger partial charge in [-0.2, -0.15) is 0 Å². The van der Waals surface area contributed by atoms with Gasteiger partial charge < -0.3 is 15.0 Å². The zero-order chi connectivity index (χ0) is 24.9. The van der Waals surface area contributed by atoms with Crippen LogP contribution >= 0.6 is 0 Å². The van der Waals surface area contributed by atoms with Crippen molar-refractivity contribution in [3.8, 4) is 5.75 Å². The SMILES string of the molecule is CCc1nc2ccc(C(=O)NCCCN3CCCC3=O)cn2c1N(C)C(=O)c1cccc(OC)c1. The molecule has 35 heavy (non-hydrogen) atoms. The number of carbonyl (C=O) groups is 3. The highest BCUT2D eigenvalue weighted by atomic mass is 16.5. The van der Waals surface area contributed by atoms with Gasteiger partial charge in [-0.15, -0.1) is 0 Å². The van der Waals surface area contributed by atoms with Crippen molar-refractivity contribution in [3.63, 3.8) is 0 Å². The van der Waals surface area contributed by atoms with E-state index in [1.807, 2.05) is 11.8 Å². The standard InChI is InChI=1S/C26H31N5O4/c1-4-21-25(29(2)26(34)18-8-5-9-20(16-18)35-3)31-17-19(11-12-22(31)28-21)24(33)27-13-7-15-30-14-6-10-23(30)32/h5,8-9,11-12,16-17H,4,6-7,10,13-15H2,1-3H3,(H,27,33). The molecule has 2 aromatic heterocycles. The maximum atomic E-state index is 13.3. The van der Waals surface area contributed by atoms with E-state index in [0.717, 1.165) is 18.7 Å². The number of nitrogens with zero attached hydrogens (tertiary/aromatic N) is 4. The third-order valence-corrected chi connectivity index (χ3v) is 6.26. The summed E-state index contributed by atoms with van der Waals surface area (Å²) in [5.41, 5.74) is 2.38. The zero-order valence-electron chi connectivity index (χ0n) is 20.4. The van der Waals surface area contributed by atoms with Crippen LogP contribution in [0.4, 0.5) is 5.82 Å². The van der Waals surface area contributed by atoms with Gasteiger partial charge in [0, 0.05) is 44.9 Å². The predicted molar refractivity (Wildman–Crippen MR) is 133 cm³/mol. The van der Waals surface area contributed by atoms with E-state index in [0.29, 0.717) is 60.7 Å². The Morgan fingerprint density at radius 1 is 1.20 bits per heavy atom. The third kappa shape index (κ3) is 5.13. The van der Waals surface area contributed by atoms with E-state index in [4.69, 9.17) is 4.74 Å². The molecule has 1 saturated heterocycles. The summed E-state index contributed by atoms with van der Waals surface area (Å²) in [5.74, 6) is 1.00. The molecule has 0 spiro atoms. The summed E-state index contributed by atoms with van der Waals surface area (Å²) in [5, 5.41) is 2.93. The van der Waals surface area contributed by atoms with Crippen molar-refractivity contribution in [2.24, 2.45) is 0 Å². The van der Waals surface area contributed by atoms with Crippen molar-refractivity contribution in [1.82, 2.24) is 19.6 Å². The summed E-state index contributed by atoms with van der Waals surface area (Å²) in [6, 6.07) is 10.5. The first-order valence-corrected chi connectivity index (χ1v) is 11.9. The number of nitrogens with one attached hydrogen (secondary N) is 1. The van der Waals surface area contributed by atoms with E-state index in [-0.39, 0.29) is 17.7 Å². The van der Waals surface area contributed by atoms with Crippen LogP contribution in [0.2, 0.25) is 0 Å². The second kappa shape index (κ2) is 10.6. The van der Waals surface area contributed by atoms with Crippen molar-refractivity contribution in [1.29, 1.82) is 0 Å². The topological polar surface area (TPSA) is 96.3 Å². The Labute approximate surface area is 204 Å². The molecule has 0 radical (unpaired) electrons. The van der Waals surface area contributed by atoms with Gasteiger partial charge in [-0.3, -0.25) is 23.7 Å². The molecule has 1 aliphatic rings. The lowest BCUT2D eigenvalue weighted by Gasteiger charge is -2.19. The van der Waals surface area contributed by atoms with Gasteiger partial charge in [0.25, 0.3) is 11.8 Å². The monoisotopic (exact) mass is 477 g/mol. The molecule has 0 unspecified atom stereocenters. The molecule has 0 atom stereocenters. The van der Waals surface area contributed by atoms with Crippen LogP contribution in [-0.4, -0.2) is 65.8 Å². The zero-order valence-corrected chi connectivity index (χ0v) is 20.4. The first-order chi connectivity index (χ1) is 16.9. The minimum atomic E-state index is -0.209. The van der Waals surface area contributed by atoms with Gasteiger partial charge in [0.1, 0.15) is 17.2 Å². The third-order valence-electron chi connectivity index (χ3n) is 6.26. The molecule has 1 aromatic carbocycles. The molecule has 3 aromatic rings. The second-order valence-corrected chi connectivity index (χ2v) is 8.57. The van der Waals surface area contributed by atoms with Crippen LogP contribution in [0, 0.1) is 0 Å². The fourth-order valence-corrected chi connectivity index (χ4v) is 4.37. The van der Waals surface area contributed by atoms with Crippen molar-refractivity contribution in [3.05, 3.63) is 59.4 Å². The fraction of sp³-hybridized carbons (Fsp3) is 0.385. The summed E-state index contributed by atoms with van der Waals surface area (Å²) in [6.45, 7) is 3.91. The van der Waals surface area contributed by atoms with Gasteiger partial charge in [0.2, 0.25) is 5.91 Å².